The van der Waals surface area contributed by atoms with E-state index in [1.165, 1.54) is 83.5 Å². The number of nitrogens with zero attached hydrogens (tertiary/aromatic N) is 2. The van der Waals surface area contributed by atoms with Crippen LogP contribution in [0.4, 0.5) is 0 Å². The first-order chi connectivity index (χ1) is 15.3. The van der Waals surface area contributed by atoms with Crippen LogP contribution in [0.15, 0.2) is 0 Å². The Morgan fingerprint density at radius 1 is 0.844 bits per heavy atom. The van der Waals surface area contributed by atoms with Gasteiger partial charge in [-0.2, -0.15) is 0 Å². The number of hydrogen-bond acceptors (Lipinski definition) is 2. The van der Waals surface area contributed by atoms with Crippen molar-refractivity contribution in [1.29, 1.82) is 0 Å². The van der Waals surface area contributed by atoms with Crippen LogP contribution in [0.25, 0.3) is 0 Å². The van der Waals surface area contributed by atoms with Gasteiger partial charge in [0, 0.05) is 32.5 Å². The van der Waals surface area contributed by atoms with Gasteiger partial charge in [-0.05, 0) is 6.42 Å². The molecule has 188 valence electrons. The maximum atomic E-state index is 12.4. The summed E-state index contributed by atoms with van der Waals surface area (Å²) < 4.78 is 0.908. The molecular formula is C27H54N3O2+. The summed E-state index contributed by atoms with van der Waals surface area (Å²) >= 11 is 0. The minimum absolute atomic E-state index is 0.0714. The van der Waals surface area contributed by atoms with Crippen LogP contribution in [0.1, 0.15) is 110 Å². The molecule has 1 aliphatic rings. The van der Waals surface area contributed by atoms with Crippen LogP contribution in [0.5, 0.6) is 0 Å². The van der Waals surface area contributed by atoms with E-state index < -0.39 is 0 Å². The average molecular weight is 453 g/mol. The van der Waals surface area contributed by atoms with Crippen LogP contribution >= 0.6 is 0 Å². The number of unbranched alkanes of at least 4 members (excludes halogenated alkanes) is 13. The molecule has 1 rings (SSSR count). The van der Waals surface area contributed by atoms with Gasteiger partial charge in [0.25, 0.3) is 0 Å². The van der Waals surface area contributed by atoms with Crippen LogP contribution in [-0.2, 0) is 9.59 Å². The third kappa shape index (κ3) is 14.9. The number of quaternary nitrogens is 1. The summed E-state index contributed by atoms with van der Waals surface area (Å²) in [6.07, 6.45) is 20.2. The molecule has 0 bridgehead atoms. The zero-order valence-corrected chi connectivity index (χ0v) is 21.9. The topological polar surface area (TPSA) is 49.4 Å². The second-order valence-electron chi connectivity index (χ2n) is 11.0. The number of nitrogens with one attached hydrogen (secondary N) is 1. The molecule has 0 aromatic heterocycles. The molecule has 0 aromatic rings. The summed E-state index contributed by atoms with van der Waals surface area (Å²) in [5.74, 6) is 0.0588. The van der Waals surface area contributed by atoms with Gasteiger partial charge in [0.1, 0.15) is 0 Å². The van der Waals surface area contributed by atoms with E-state index in [1.807, 2.05) is 4.90 Å². The summed E-state index contributed by atoms with van der Waals surface area (Å²) in [6.45, 7) is 5.44. The van der Waals surface area contributed by atoms with Crippen molar-refractivity contribution in [3.63, 3.8) is 0 Å². The van der Waals surface area contributed by atoms with E-state index in [0.29, 0.717) is 13.0 Å². The lowest BCUT2D eigenvalue weighted by Crippen LogP contribution is -2.38. The van der Waals surface area contributed by atoms with Crippen molar-refractivity contribution in [2.45, 2.75) is 110 Å². The molecule has 5 nitrogen and oxygen atoms in total. The molecule has 0 aliphatic carbocycles. The van der Waals surface area contributed by atoms with E-state index in [0.717, 1.165) is 37.0 Å². The van der Waals surface area contributed by atoms with E-state index in [4.69, 9.17) is 0 Å². The molecule has 1 N–H and O–H groups in total. The fourth-order valence-corrected chi connectivity index (χ4v) is 4.58. The highest BCUT2D eigenvalue weighted by atomic mass is 16.2. The van der Waals surface area contributed by atoms with Crippen molar-refractivity contribution in [1.82, 2.24) is 10.2 Å². The smallest absolute Gasteiger partial charge is 0.225 e. The van der Waals surface area contributed by atoms with Crippen LogP contribution in [-0.4, -0.2) is 68.5 Å². The van der Waals surface area contributed by atoms with Crippen molar-refractivity contribution >= 4 is 11.8 Å². The fourth-order valence-electron chi connectivity index (χ4n) is 4.58. The molecule has 1 fully saturated rings. The Labute approximate surface area is 199 Å². The average Bonchev–Trinajstić information content (AvgIpc) is 3.10. The highest BCUT2D eigenvalue weighted by molar-refractivity contribution is 5.89. The van der Waals surface area contributed by atoms with Crippen molar-refractivity contribution in [2.75, 3.05) is 47.3 Å². The highest BCUT2D eigenvalue weighted by Crippen LogP contribution is 2.18. The number of amides is 2. The van der Waals surface area contributed by atoms with Gasteiger partial charge in [-0.1, -0.05) is 90.4 Å². The third-order valence-corrected chi connectivity index (χ3v) is 6.67. The molecule has 0 spiro atoms. The van der Waals surface area contributed by atoms with Crippen LogP contribution < -0.4 is 5.32 Å². The molecule has 0 saturated carbocycles. The molecular weight excluding hydrogens is 398 g/mol. The van der Waals surface area contributed by atoms with Gasteiger partial charge in [-0.15, -0.1) is 0 Å². The zero-order valence-electron chi connectivity index (χ0n) is 21.9. The molecule has 0 aromatic carbocycles. The minimum Gasteiger partial charge on any atom is -0.356 e. The normalized spacial score (nSPS) is 16.7. The van der Waals surface area contributed by atoms with Crippen LogP contribution in [0, 0.1) is 5.92 Å². The maximum absolute atomic E-state index is 12.4. The second kappa shape index (κ2) is 17.4. The Kier molecular flexibility index (Phi) is 15.7. The highest BCUT2D eigenvalue weighted by Gasteiger charge is 2.33. The fraction of sp³-hybridized carbons (Fsp3) is 0.926. The zero-order chi connectivity index (χ0) is 23.7. The standard InChI is InChI=1S/C27H53N3O2/c1-5-6-7-8-9-10-11-12-13-14-15-16-17-18-20-28-27(32)25-23-26(31)29(24-25)21-19-22-30(2,3)4/h25H,5-24H2,1-4H3/p+1. The van der Waals surface area contributed by atoms with Gasteiger partial charge >= 0.3 is 0 Å². The molecule has 1 aliphatic heterocycles. The van der Waals surface area contributed by atoms with Crippen LogP contribution in [0.3, 0.4) is 0 Å². The molecule has 5 heteroatoms. The van der Waals surface area contributed by atoms with Gasteiger partial charge in [-0.3, -0.25) is 9.59 Å². The predicted octanol–water partition coefficient (Wildman–Crippen LogP) is 5.53. The first-order valence-electron chi connectivity index (χ1n) is 13.7. The minimum atomic E-state index is -0.154. The summed E-state index contributed by atoms with van der Waals surface area (Å²) in [6, 6.07) is 0. The van der Waals surface area contributed by atoms with E-state index in [2.05, 4.69) is 33.4 Å². The predicted molar refractivity (Wildman–Crippen MR) is 136 cm³/mol. The summed E-state index contributed by atoms with van der Waals surface area (Å²) in [4.78, 5) is 26.5. The monoisotopic (exact) mass is 452 g/mol. The number of rotatable bonds is 20. The molecule has 32 heavy (non-hydrogen) atoms. The maximum Gasteiger partial charge on any atom is 0.225 e. The Hall–Kier alpha value is -1.10. The lowest BCUT2D eigenvalue weighted by molar-refractivity contribution is -0.870. The molecule has 1 unspecified atom stereocenters. The number of carbonyl (C=O) groups is 2. The molecule has 1 saturated heterocycles. The number of likely N-dealkylation sites (tertiary alicyclic amines) is 1. The van der Waals surface area contributed by atoms with Gasteiger partial charge < -0.3 is 14.7 Å². The lowest BCUT2D eigenvalue weighted by atomic mass is 10.0. The van der Waals surface area contributed by atoms with Gasteiger partial charge in [-0.25, -0.2) is 0 Å². The third-order valence-electron chi connectivity index (χ3n) is 6.67. The first-order valence-corrected chi connectivity index (χ1v) is 13.7. The largest absolute Gasteiger partial charge is 0.356 e. The summed E-state index contributed by atoms with van der Waals surface area (Å²) in [5, 5.41) is 3.07. The Morgan fingerprint density at radius 2 is 1.34 bits per heavy atom. The molecule has 2 amide bonds. The molecule has 1 heterocycles. The van der Waals surface area contributed by atoms with Crippen molar-refractivity contribution in [3.05, 3.63) is 0 Å². The van der Waals surface area contributed by atoms with E-state index in [-0.39, 0.29) is 17.7 Å². The Balaban J connectivity index is 1.93. The van der Waals surface area contributed by atoms with Crippen LogP contribution in [0.2, 0.25) is 0 Å². The summed E-state index contributed by atoms with van der Waals surface area (Å²) in [5.41, 5.74) is 0. The van der Waals surface area contributed by atoms with Gasteiger partial charge in [0.2, 0.25) is 11.8 Å². The summed E-state index contributed by atoms with van der Waals surface area (Å²) in [7, 11) is 6.50. The van der Waals surface area contributed by atoms with Gasteiger partial charge in [0.15, 0.2) is 0 Å². The van der Waals surface area contributed by atoms with Crippen molar-refractivity contribution < 1.29 is 14.1 Å². The van der Waals surface area contributed by atoms with E-state index in [1.54, 1.807) is 0 Å². The first kappa shape index (κ1) is 28.9. The Bertz CT molecular complexity index is 502. The quantitative estimate of drug-likeness (QED) is 0.195. The number of carbonyl (C=O) groups excluding carboxylic acids is 2. The van der Waals surface area contributed by atoms with Gasteiger partial charge in [0.05, 0.1) is 33.6 Å². The van der Waals surface area contributed by atoms with Crippen molar-refractivity contribution in [3.8, 4) is 0 Å². The SMILES string of the molecule is CCCCCCCCCCCCCCCCNC(=O)C1CC(=O)N(CCC[N+](C)(C)C)C1. The Morgan fingerprint density at radius 3 is 1.84 bits per heavy atom. The number of hydrogen-bond donors (Lipinski definition) is 1. The second-order valence-corrected chi connectivity index (χ2v) is 11.0. The molecule has 1 atom stereocenters. The lowest BCUT2D eigenvalue weighted by Gasteiger charge is -2.25. The van der Waals surface area contributed by atoms with Crippen molar-refractivity contribution in [2.24, 2.45) is 5.92 Å². The van der Waals surface area contributed by atoms with E-state index in [9.17, 15) is 9.59 Å². The van der Waals surface area contributed by atoms with E-state index >= 15 is 0 Å². The molecule has 0 radical (unpaired) electrons.